The highest BCUT2D eigenvalue weighted by Crippen LogP contribution is 2.44. The highest BCUT2D eigenvalue weighted by atomic mass is 16.7. The first-order valence-electron chi connectivity index (χ1n) is 10.3. The number of aliphatic hydroxyl groups is 2. The molecule has 1 aromatic heterocycles. The Bertz CT molecular complexity index is 644. The predicted molar refractivity (Wildman–Crippen MR) is 107 cm³/mol. The van der Waals surface area contributed by atoms with Crippen molar-refractivity contribution in [3.63, 3.8) is 0 Å². The molecule has 1 saturated heterocycles. The van der Waals surface area contributed by atoms with E-state index < -0.39 is 22.6 Å². The van der Waals surface area contributed by atoms with E-state index in [0.717, 1.165) is 18.3 Å². The Morgan fingerprint density at radius 3 is 2.29 bits per heavy atom. The molecule has 1 aliphatic heterocycles. The molecule has 1 aliphatic carbocycles. The summed E-state index contributed by atoms with van der Waals surface area (Å²) in [6, 6.07) is 3.74. The molecule has 1 aromatic rings. The van der Waals surface area contributed by atoms with E-state index >= 15 is 0 Å². The molecule has 155 valence electrons. The monoisotopic (exact) mass is 390 g/mol. The van der Waals surface area contributed by atoms with Gasteiger partial charge in [0, 0.05) is 19.0 Å². The van der Waals surface area contributed by atoms with Gasteiger partial charge in [-0.15, -0.1) is 0 Å². The van der Waals surface area contributed by atoms with Crippen LogP contribution in [0.3, 0.4) is 0 Å². The molecular formula is C21H33BNO5. The third-order valence-corrected chi connectivity index (χ3v) is 6.39. The lowest BCUT2D eigenvalue weighted by molar-refractivity contribution is -0.204. The van der Waals surface area contributed by atoms with Gasteiger partial charge in [-0.1, -0.05) is 19.4 Å². The van der Waals surface area contributed by atoms with E-state index in [1.165, 1.54) is 0 Å². The number of aromatic nitrogens is 1. The Hall–Kier alpha value is -0.985. The van der Waals surface area contributed by atoms with Crippen LogP contribution in [-0.4, -0.2) is 52.9 Å². The first-order chi connectivity index (χ1) is 13.1. The first-order valence-corrected chi connectivity index (χ1v) is 10.3. The maximum Gasteiger partial charge on any atom is 0.332 e. The van der Waals surface area contributed by atoms with E-state index in [2.05, 4.69) is 11.9 Å². The van der Waals surface area contributed by atoms with Crippen molar-refractivity contribution in [2.24, 2.45) is 0 Å². The average molecular weight is 390 g/mol. The van der Waals surface area contributed by atoms with E-state index in [-0.39, 0.29) is 0 Å². The van der Waals surface area contributed by atoms with Gasteiger partial charge in [-0.25, -0.2) is 0 Å². The summed E-state index contributed by atoms with van der Waals surface area (Å²) in [6.07, 6.45) is 5.82. The number of ether oxygens (including phenoxy) is 2. The second-order valence-corrected chi connectivity index (χ2v) is 8.89. The molecule has 3 rings (SSSR count). The molecule has 1 radical (unpaired) electrons. The van der Waals surface area contributed by atoms with Crippen LogP contribution < -0.4 is 5.46 Å². The van der Waals surface area contributed by atoms with Crippen LogP contribution in [0.25, 0.3) is 0 Å². The van der Waals surface area contributed by atoms with Gasteiger partial charge in [0.2, 0.25) is 0 Å². The summed E-state index contributed by atoms with van der Waals surface area (Å²) in [5, 5.41) is 21.5. The predicted octanol–water partition coefficient (Wildman–Crippen LogP) is 2.18. The van der Waals surface area contributed by atoms with Gasteiger partial charge >= 0.3 is 7.48 Å². The number of rotatable bonds is 7. The second kappa shape index (κ2) is 8.03. The number of hydrogen-bond donors (Lipinski definition) is 2. The summed E-state index contributed by atoms with van der Waals surface area (Å²) in [5.41, 5.74) is -1.14. The van der Waals surface area contributed by atoms with Gasteiger partial charge in [-0.2, -0.15) is 0 Å². The molecule has 0 amide bonds. The Balaban J connectivity index is 1.62. The van der Waals surface area contributed by atoms with Crippen LogP contribution in [0.5, 0.6) is 0 Å². The lowest BCUT2D eigenvalue weighted by Crippen LogP contribution is -2.51. The molecule has 28 heavy (non-hydrogen) atoms. The molecule has 2 aliphatic rings. The van der Waals surface area contributed by atoms with Crippen molar-refractivity contribution in [1.29, 1.82) is 0 Å². The fourth-order valence-corrected chi connectivity index (χ4v) is 4.02. The number of pyridine rings is 1. The highest BCUT2D eigenvalue weighted by molar-refractivity contribution is 6.46. The van der Waals surface area contributed by atoms with E-state index in [0.29, 0.717) is 44.6 Å². The van der Waals surface area contributed by atoms with Crippen molar-refractivity contribution in [2.75, 3.05) is 13.2 Å². The van der Waals surface area contributed by atoms with E-state index in [1.807, 2.05) is 19.1 Å². The molecule has 0 bridgehead atoms. The Morgan fingerprint density at radius 2 is 1.79 bits per heavy atom. The summed E-state index contributed by atoms with van der Waals surface area (Å²) >= 11 is 0. The largest absolute Gasteiger partial charge is 0.426 e. The minimum atomic E-state index is -0.968. The maximum atomic E-state index is 11.1. The van der Waals surface area contributed by atoms with Crippen LogP contribution in [0.4, 0.5) is 0 Å². The van der Waals surface area contributed by atoms with Gasteiger partial charge in [0.1, 0.15) is 5.60 Å². The normalized spacial score (nSPS) is 23.5. The molecule has 0 aromatic carbocycles. The SMILES string of the molecule is CCCC(C)(O[B]c1ccc(C2(O)CCC3(CC2)OCCO3)nc1)C(C)(C)O. The fraction of sp³-hybridized carbons (Fsp3) is 0.762. The van der Waals surface area contributed by atoms with Crippen molar-refractivity contribution >= 4 is 12.9 Å². The molecule has 1 atom stereocenters. The number of nitrogens with zero attached hydrogens (tertiary/aromatic N) is 1. The standard InChI is InChI=1S/C21H33BNO5/c1-5-8-19(4,18(2,3)24)28-22-16-6-7-17(23-15-16)20(25)9-11-21(12-10-20)26-13-14-27-21/h6-7,15,24-25H,5,8-14H2,1-4H3. The molecule has 2 N–H and O–H groups in total. The van der Waals surface area contributed by atoms with Crippen molar-refractivity contribution in [1.82, 2.24) is 4.98 Å². The molecule has 2 fully saturated rings. The molecule has 7 heteroatoms. The minimum Gasteiger partial charge on any atom is -0.426 e. The number of hydrogen-bond acceptors (Lipinski definition) is 6. The van der Waals surface area contributed by atoms with Crippen LogP contribution in [0.2, 0.25) is 0 Å². The zero-order valence-electron chi connectivity index (χ0n) is 17.5. The van der Waals surface area contributed by atoms with Gasteiger partial charge in [0.05, 0.1) is 30.1 Å². The van der Waals surface area contributed by atoms with Gasteiger partial charge in [-0.3, -0.25) is 4.98 Å². The summed E-state index contributed by atoms with van der Waals surface area (Å²) in [7, 11) is 1.64. The van der Waals surface area contributed by atoms with Crippen molar-refractivity contribution in [2.45, 2.75) is 88.8 Å². The second-order valence-electron chi connectivity index (χ2n) is 8.89. The zero-order valence-corrected chi connectivity index (χ0v) is 17.5. The van der Waals surface area contributed by atoms with Crippen molar-refractivity contribution in [3.05, 3.63) is 24.0 Å². The molecule has 1 saturated carbocycles. The summed E-state index contributed by atoms with van der Waals surface area (Å²) in [6.45, 7) is 8.77. The molecule has 1 unspecified atom stereocenters. The van der Waals surface area contributed by atoms with Crippen LogP contribution in [0.15, 0.2) is 18.3 Å². The van der Waals surface area contributed by atoms with Gasteiger partial charge < -0.3 is 24.3 Å². The Kier molecular flexibility index (Phi) is 6.23. The lowest BCUT2D eigenvalue weighted by Gasteiger charge is -2.41. The Morgan fingerprint density at radius 1 is 1.14 bits per heavy atom. The molecule has 2 heterocycles. The van der Waals surface area contributed by atoms with E-state index in [4.69, 9.17) is 14.1 Å². The van der Waals surface area contributed by atoms with Crippen LogP contribution in [0, 0.1) is 0 Å². The average Bonchev–Trinajstić information content (AvgIpc) is 3.11. The van der Waals surface area contributed by atoms with Crippen LogP contribution in [0.1, 0.15) is 71.9 Å². The third kappa shape index (κ3) is 4.44. The molecule has 6 nitrogen and oxygen atoms in total. The summed E-state index contributed by atoms with van der Waals surface area (Å²) < 4.78 is 17.5. The fourth-order valence-electron chi connectivity index (χ4n) is 4.02. The molecule has 1 spiro atoms. The summed E-state index contributed by atoms with van der Waals surface area (Å²) in [4.78, 5) is 4.49. The first kappa shape index (κ1) is 21.7. The van der Waals surface area contributed by atoms with Gasteiger partial charge in [-0.05, 0) is 51.6 Å². The topological polar surface area (TPSA) is 81.0 Å². The van der Waals surface area contributed by atoms with Crippen LogP contribution in [-0.2, 0) is 19.7 Å². The highest BCUT2D eigenvalue weighted by Gasteiger charge is 2.46. The van der Waals surface area contributed by atoms with Crippen LogP contribution >= 0.6 is 0 Å². The minimum absolute atomic E-state index is 0.505. The third-order valence-electron chi connectivity index (χ3n) is 6.39. The summed E-state index contributed by atoms with van der Waals surface area (Å²) in [5.74, 6) is -0.505. The van der Waals surface area contributed by atoms with Crippen molar-refractivity contribution in [3.8, 4) is 0 Å². The quantitative estimate of drug-likeness (QED) is 0.695. The van der Waals surface area contributed by atoms with Crippen molar-refractivity contribution < 1.29 is 24.3 Å². The Labute approximate surface area is 168 Å². The lowest BCUT2D eigenvalue weighted by atomic mass is 9.78. The van der Waals surface area contributed by atoms with E-state index in [1.54, 1.807) is 27.5 Å². The molecular weight excluding hydrogens is 357 g/mol. The van der Waals surface area contributed by atoms with Gasteiger partial charge in [0.25, 0.3) is 0 Å². The maximum absolute atomic E-state index is 11.1. The smallest absolute Gasteiger partial charge is 0.332 e. The zero-order chi connectivity index (χ0) is 20.5. The van der Waals surface area contributed by atoms with Gasteiger partial charge in [0.15, 0.2) is 5.79 Å². The van der Waals surface area contributed by atoms with E-state index in [9.17, 15) is 10.2 Å².